The van der Waals surface area contributed by atoms with Gasteiger partial charge in [0.15, 0.2) is 0 Å². The zero-order valence-corrected chi connectivity index (χ0v) is 12.3. The van der Waals surface area contributed by atoms with Gasteiger partial charge in [-0.3, -0.25) is 19.3 Å². The van der Waals surface area contributed by atoms with E-state index in [0.29, 0.717) is 5.69 Å². The second-order valence-electron chi connectivity index (χ2n) is 4.73. The number of carbonyl (C=O) groups excluding carboxylic acids is 3. The van der Waals surface area contributed by atoms with Gasteiger partial charge in [0.2, 0.25) is 17.7 Å². The van der Waals surface area contributed by atoms with Crippen LogP contribution in [0.1, 0.15) is 11.1 Å². The molecular formula is C14H16N2O3S. The Morgan fingerprint density at radius 1 is 1.25 bits per heavy atom. The number of nitrogens with zero attached hydrogens (tertiary/aromatic N) is 1. The highest BCUT2D eigenvalue weighted by Gasteiger charge is 2.28. The van der Waals surface area contributed by atoms with Gasteiger partial charge in [-0.15, -0.1) is 11.8 Å². The maximum atomic E-state index is 12.0. The van der Waals surface area contributed by atoms with Crippen LogP contribution in [0.5, 0.6) is 0 Å². The van der Waals surface area contributed by atoms with Gasteiger partial charge in [-0.1, -0.05) is 12.1 Å². The predicted molar refractivity (Wildman–Crippen MR) is 78.6 cm³/mol. The van der Waals surface area contributed by atoms with E-state index in [1.54, 1.807) is 0 Å². The molecule has 0 unspecified atom stereocenters. The Morgan fingerprint density at radius 2 is 1.90 bits per heavy atom. The molecule has 0 aromatic heterocycles. The Hall–Kier alpha value is -1.82. The molecule has 1 saturated heterocycles. The van der Waals surface area contributed by atoms with Crippen molar-refractivity contribution in [3.8, 4) is 0 Å². The normalized spacial score (nSPS) is 15.4. The molecule has 2 rings (SSSR count). The molecule has 0 saturated carbocycles. The third kappa shape index (κ3) is 3.39. The van der Waals surface area contributed by atoms with Gasteiger partial charge >= 0.3 is 0 Å². The molecule has 106 valence electrons. The fourth-order valence-corrected chi connectivity index (χ4v) is 2.66. The zero-order valence-electron chi connectivity index (χ0n) is 11.4. The number of imide groups is 1. The molecule has 1 heterocycles. The van der Waals surface area contributed by atoms with Crippen molar-refractivity contribution >= 4 is 35.2 Å². The van der Waals surface area contributed by atoms with E-state index in [2.05, 4.69) is 5.32 Å². The maximum Gasteiger partial charge on any atom is 0.244 e. The number of aryl methyl sites for hydroxylation is 2. The van der Waals surface area contributed by atoms with E-state index in [1.807, 2.05) is 32.0 Å². The van der Waals surface area contributed by atoms with Crippen LogP contribution in [-0.2, 0) is 14.4 Å². The maximum absolute atomic E-state index is 12.0. The highest BCUT2D eigenvalue weighted by atomic mass is 32.2. The van der Waals surface area contributed by atoms with Crippen LogP contribution in [0.3, 0.4) is 0 Å². The van der Waals surface area contributed by atoms with Crippen molar-refractivity contribution in [1.29, 1.82) is 0 Å². The van der Waals surface area contributed by atoms with Gasteiger partial charge in [-0.25, -0.2) is 0 Å². The minimum Gasteiger partial charge on any atom is -0.324 e. The molecule has 1 aliphatic rings. The van der Waals surface area contributed by atoms with E-state index in [1.165, 1.54) is 11.8 Å². The topological polar surface area (TPSA) is 66.5 Å². The van der Waals surface area contributed by atoms with Crippen LogP contribution in [-0.4, -0.2) is 40.7 Å². The van der Waals surface area contributed by atoms with Gasteiger partial charge in [0, 0.05) is 5.69 Å². The summed E-state index contributed by atoms with van der Waals surface area (Å²) in [4.78, 5) is 36.2. The number of thioether (sulfide) groups is 1. The summed E-state index contributed by atoms with van der Waals surface area (Å²) < 4.78 is 0. The lowest BCUT2D eigenvalue weighted by Crippen LogP contribution is -2.46. The van der Waals surface area contributed by atoms with Gasteiger partial charge in [0.25, 0.3) is 0 Å². The molecule has 0 spiro atoms. The van der Waals surface area contributed by atoms with Gasteiger partial charge < -0.3 is 5.32 Å². The van der Waals surface area contributed by atoms with Gasteiger partial charge in [0.05, 0.1) is 11.5 Å². The number of hydrogen-bond donors (Lipinski definition) is 1. The van der Waals surface area contributed by atoms with Crippen molar-refractivity contribution in [1.82, 2.24) is 4.90 Å². The van der Waals surface area contributed by atoms with Crippen molar-refractivity contribution in [2.75, 3.05) is 23.4 Å². The van der Waals surface area contributed by atoms with Crippen LogP contribution in [0.25, 0.3) is 0 Å². The highest BCUT2D eigenvalue weighted by Crippen LogP contribution is 2.17. The Morgan fingerprint density at radius 3 is 2.55 bits per heavy atom. The van der Waals surface area contributed by atoms with Gasteiger partial charge in [-0.05, 0) is 31.0 Å². The van der Waals surface area contributed by atoms with Gasteiger partial charge in [-0.2, -0.15) is 0 Å². The number of rotatable bonds is 3. The molecule has 5 nitrogen and oxygen atoms in total. The lowest BCUT2D eigenvalue weighted by atomic mass is 10.1. The standard InChI is InChI=1S/C14H16N2O3S/c1-9-3-4-10(2)11(5-9)15-12(17)6-16-13(18)7-20-8-14(16)19/h3-5H,6-8H2,1-2H3,(H,15,17). The molecule has 1 N–H and O–H groups in total. The van der Waals surface area contributed by atoms with Crippen LogP contribution in [0.4, 0.5) is 5.69 Å². The number of amides is 3. The van der Waals surface area contributed by atoms with Crippen LogP contribution in [0.2, 0.25) is 0 Å². The first-order valence-corrected chi connectivity index (χ1v) is 7.41. The highest BCUT2D eigenvalue weighted by molar-refractivity contribution is 8.00. The molecule has 0 radical (unpaired) electrons. The molecule has 20 heavy (non-hydrogen) atoms. The molecule has 3 amide bonds. The van der Waals surface area contributed by atoms with Crippen LogP contribution < -0.4 is 5.32 Å². The lowest BCUT2D eigenvalue weighted by Gasteiger charge is -2.24. The molecule has 1 aromatic carbocycles. The van der Waals surface area contributed by atoms with E-state index in [-0.39, 0.29) is 35.8 Å². The summed E-state index contributed by atoms with van der Waals surface area (Å²) in [7, 11) is 0. The molecule has 1 aliphatic heterocycles. The van der Waals surface area contributed by atoms with Crippen molar-refractivity contribution in [2.24, 2.45) is 0 Å². The third-order valence-electron chi connectivity index (χ3n) is 3.02. The summed E-state index contributed by atoms with van der Waals surface area (Å²) in [6, 6.07) is 5.74. The van der Waals surface area contributed by atoms with E-state index >= 15 is 0 Å². The molecule has 0 atom stereocenters. The molecule has 0 aliphatic carbocycles. The second kappa shape index (κ2) is 6.09. The third-order valence-corrected chi connectivity index (χ3v) is 3.92. The summed E-state index contributed by atoms with van der Waals surface area (Å²) >= 11 is 1.28. The predicted octanol–water partition coefficient (Wildman–Crippen LogP) is 1.34. The Balaban J connectivity index is 2.03. The van der Waals surface area contributed by atoms with Crippen molar-refractivity contribution in [3.05, 3.63) is 29.3 Å². The minimum atomic E-state index is -0.354. The number of anilines is 1. The van der Waals surface area contributed by atoms with E-state index < -0.39 is 0 Å². The van der Waals surface area contributed by atoms with Gasteiger partial charge in [0.1, 0.15) is 6.54 Å². The van der Waals surface area contributed by atoms with E-state index in [9.17, 15) is 14.4 Å². The molecule has 6 heteroatoms. The molecule has 1 aromatic rings. The number of carbonyl (C=O) groups is 3. The quantitative estimate of drug-likeness (QED) is 0.854. The summed E-state index contributed by atoms with van der Waals surface area (Å²) in [6.07, 6.45) is 0. The smallest absolute Gasteiger partial charge is 0.244 e. The number of benzene rings is 1. The second-order valence-corrected chi connectivity index (χ2v) is 5.72. The summed E-state index contributed by atoms with van der Waals surface area (Å²) in [5, 5.41) is 2.75. The molecule has 0 bridgehead atoms. The number of hydrogen-bond acceptors (Lipinski definition) is 4. The monoisotopic (exact) mass is 292 g/mol. The average Bonchev–Trinajstić information content (AvgIpc) is 2.38. The SMILES string of the molecule is Cc1ccc(C)c(NC(=O)CN2C(=O)CSCC2=O)c1. The number of nitrogens with one attached hydrogen (secondary N) is 1. The van der Waals surface area contributed by atoms with E-state index in [4.69, 9.17) is 0 Å². The Bertz CT molecular complexity index is 556. The largest absolute Gasteiger partial charge is 0.324 e. The molecule has 1 fully saturated rings. The first kappa shape index (κ1) is 14.6. The lowest BCUT2D eigenvalue weighted by molar-refractivity contribution is -0.144. The van der Waals surface area contributed by atoms with Crippen molar-refractivity contribution in [3.63, 3.8) is 0 Å². The van der Waals surface area contributed by atoms with E-state index in [0.717, 1.165) is 16.0 Å². The summed E-state index contributed by atoms with van der Waals surface area (Å²) in [6.45, 7) is 3.61. The molecular weight excluding hydrogens is 276 g/mol. The van der Waals surface area contributed by atoms with Crippen molar-refractivity contribution < 1.29 is 14.4 Å². The summed E-state index contributed by atoms with van der Waals surface area (Å²) in [5.74, 6) is -0.456. The Labute approximate surface area is 121 Å². The minimum absolute atomic E-state index is 0.217. The zero-order chi connectivity index (χ0) is 14.7. The summed E-state index contributed by atoms with van der Waals surface area (Å²) in [5.41, 5.74) is 2.68. The van der Waals surface area contributed by atoms with Crippen LogP contribution in [0.15, 0.2) is 18.2 Å². The fourth-order valence-electron chi connectivity index (χ4n) is 1.90. The van der Waals surface area contributed by atoms with Crippen LogP contribution in [0, 0.1) is 13.8 Å². The van der Waals surface area contributed by atoms with Crippen molar-refractivity contribution in [2.45, 2.75) is 13.8 Å². The first-order chi connectivity index (χ1) is 9.47. The van der Waals surface area contributed by atoms with Crippen LogP contribution >= 0.6 is 11.8 Å². The average molecular weight is 292 g/mol. The first-order valence-electron chi connectivity index (χ1n) is 6.25. The fraction of sp³-hybridized carbons (Fsp3) is 0.357. The Kier molecular flexibility index (Phi) is 4.44.